The van der Waals surface area contributed by atoms with Crippen molar-refractivity contribution in [2.45, 2.75) is 53.8 Å². The number of benzene rings is 2. The molecule has 0 radical (unpaired) electrons. The molecule has 0 atom stereocenters. The molecule has 0 nitrogen and oxygen atoms in total. The molecule has 24 heavy (non-hydrogen) atoms. The number of rotatable bonds is 2. The van der Waals surface area contributed by atoms with Gasteiger partial charge in [-0.2, -0.15) is 0 Å². The first-order valence-electron chi connectivity index (χ1n) is 9.02. The molecule has 0 bridgehead atoms. The molecular formula is C23H30Si. The Hall–Kier alpha value is -1.60. The molecule has 126 valence electrons. The Balaban J connectivity index is 2.10. The zero-order valence-electron chi connectivity index (χ0n) is 16.2. The summed E-state index contributed by atoms with van der Waals surface area (Å²) in [5.41, 5.74) is 9.02. The van der Waals surface area contributed by atoms with Gasteiger partial charge in [0.25, 0.3) is 0 Å². The Labute approximate surface area is 148 Å². The predicted octanol–water partition coefficient (Wildman–Crippen LogP) is 6.27. The molecule has 2 aromatic rings. The smallest absolute Gasteiger partial charge is 0.0656 e. The van der Waals surface area contributed by atoms with E-state index in [4.69, 9.17) is 0 Å². The van der Waals surface area contributed by atoms with E-state index in [2.05, 4.69) is 89.8 Å². The van der Waals surface area contributed by atoms with Gasteiger partial charge in [-0.1, -0.05) is 93.6 Å². The average Bonchev–Trinajstić information content (AvgIpc) is 2.84. The normalized spacial score (nSPS) is 15.0. The standard InChI is InChI=1S/C23H30Si/c1-16-21(23(2,3)4)15-18-9-8-10-20(22(16)18)17-11-13-19(14-12-17)24(5,6)7/h8-14H,15H2,1-7H3. The highest BCUT2D eigenvalue weighted by Crippen LogP contribution is 2.45. The average molecular weight is 335 g/mol. The van der Waals surface area contributed by atoms with Gasteiger partial charge in [0.2, 0.25) is 0 Å². The molecule has 1 aliphatic carbocycles. The van der Waals surface area contributed by atoms with E-state index in [-0.39, 0.29) is 5.41 Å². The van der Waals surface area contributed by atoms with Crippen molar-refractivity contribution in [2.24, 2.45) is 5.41 Å². The zero-order valence-corrected chi connectivity index (χ0v) is 17.2. The Morgan fingerprint density at radius 2 is 1.50 bits per heavy atom. The second kappa shape index (κ2) is 5.74. The minimum absolute atomic E-state index is 0.238. The molecule has 0 fully saturated rings. The Kier molecular flexibility index (Phi) is 4.12. The van der Waals surface area contributed by atoms with E-state index < -0.39 is 8.07 Å². The first kappa shape index (κ1) is 17.2. The third-order valence-electron chi connectivity index (χ3n) is 5.31. The fraction of sp³-hybridized carbons (Fsp3) is 0.391. The first-order chi connectivity index (χ1) is 11.1. The van der Waals surface area contributed by atoms with Crippen LogP contribution in [0.4, 0.5) is 0 Å². The highest BCUT2D eigenvalue weighted by atomic mass is 28.3. The van der Waals surface area contributed by atoms with Crippen LogP contribution in [-0.2, 0) is 6.42 Å². The van der Waals surface area contributed by atoms with Crippen LogP contribution in [0.1, 0.15) is 38.8 Å². The summed E-state index contributed by atoms with van der Waals surface area (Å²) in [5, 5.41) is 1.53. The molecular weight excluding hydrogens is 304 g/mol. The van der Waals surface area contributed by atoms with Crippen molar-refractivity contribution < 1.29 is 0 Å². The molecule has 3 rings (SSSR count). The van der Waals surface area contributed by atoms with E-state index in [1.807, 2.05) is 0 Å². The lowest BCUT2D eigenvalue weighted by atomic mass is 9.83. The van der Waals surface area contributed by atoms with Gasteiger partial charge < -0.3 is 0 Å². The predicted molar refractivity (Wildman–Crippen MR) is 111 cm³/mol. The summed E-state index contributed by atoms with van der Waals surface area (Å²) < 4.78 is 0. The summed E-state index contributed by atoms with van der Waals surface area (Å²) in [6.07, 6.45) is 1.10. The van der Waals surface area contributed by atoms with E-state index in [9.17, 15) is 0 Å². The van der Waals surface area contributed by atoms with Crippen LogP contribution >= 0.6 is 0 Å². The van der Waals surface area contributed by atoms with Gasteiger partial charge in [0.05, 0.1) is 8.07 Å². The van der Waals surface area contributed by atoms with Crippen LogP contribution < -0.4 is 5.19 Å². The first-order valence-corrected chi connectivity index (χ1v) is 12.5. The third-order valence-corrected chi connectivity index (χ3v) is 7.38. The molecule has 0 aliphatic heterocycles. The molecule has 0 spiro atoms. The second-order valence-corrected chi connectivity index (χ2v) is 14.3. The van der Waals surface area contributed by atoms with Crippen molar-refractivity contribution in [1.82, 2.24) is 0 Å². The summed E-state index contributed by atoms with van der Waals surface area (Å²) in [7, 11) is -1.24. The fourth-order valence-electron chi connectivity index (χ4n) is 3.88. The zero-order chi connectivity index (χ0) is 17.7. The highest BCUT2D eigenvalue weighted by molar-refractivity contribution is 6.88. The van der Waals surface area contributed by atoms with Crippen LogP contribution in [0.3, 0.4) is 0 Å². The lowest BCUT2D eigenvalue weighted by Gasteiger charge is -2.22. The minimum Gasteiger partial charge on any atom is -0.0656 e. The van der Waals surface area contributed by atoms with Gasteiger partial charge in [0.15, 0.2) is 0 Å². The van der Waals surface area contributed by atoms with Gasteiger partial charge in [-0.3, -0.25) is 0 Å². The van der Waals surface area contributed by atoms with Crippen molar-refractivity contribution in [2.75, 3.05) is 0 Å². The molecule has 2 aromatic carbocycles. The molecule has 0 saturated heterocycles. The highest BCUT2D eigenvalue weighted by Gasteiger charge is 2.28. The SMILES string of the molecule is CC1=C(C(C)(C)C)Cc2cccc(-c3ccc([Si](C)(C)C)cc3)c21. The van der Waals surface area contributed by atoms with E-state index in [0.29, 0.717) is 0 Å². The summed E-state index contributed by atoms with van der Waals surface area (Å²) in [4.78, 5) is 0. The van der Waals surface area contributed by atoms with Gasteiger partial charge in [0.1, 0.15) is 0 Å². The summed E-state index contributed by atoms with van der Waals surface area (Å²) in [5.74, 6) is 0. The minimum atomic E-state index is -1.24. The van der Waals surface area contributed by atoms with Crippen LogP contribution in [0.5, 0.6) is 0 Å². The molecule has 0 amide bonds. The number of fused-ring (bicyclic) bond motifs is 1. The van der Waals surface area contributed by atoms with Crippen LogP contribution in [0.2, 0.25) is 19.6 Å². The van der Waals surface area contributed by atoms with Crippen LogP contribution in [0.15, 0.2) is 48.0 Å². The van der Waals surface area contributed by atoms with Crippen LogP contribution in [0.25, 0.3) is 16.7 Å². The van der Waals surface area contributed by atoms with Gasteiger partial charge in [-0.25, -0.2) is 0 Å². The van der Waals surface area contributed by atoms with E-state index in [0.717, 1.165) is 6.42 Å². The van der Waals surface area contributed by atoms with Crippen LogP contribution in [-0.4, -0.2) is 8.07 Å². The summed E-state index contributed by atoms with van der Waals surface area (Å²) in [6.45, 7) is 16.5. The Morgan fingerprint density at radius 3 is 2.04 bits per heavy atom. The maximum absolute atomic E-state index is 2.41. The lowest BCUT2D eigenvalue weighted by molar-refractivity contribution is 0.496. The number of hydrogen-bond acceptors (Lipinski definition) is 0. The van der Waals surface area contributed by atoms with Gasteiger partial charge in [-0.15, -0.1) is 0 Å². The molecule has 0 N–H and O–H groups in total. The van der Waals surface area contributed by atoms with E-state index in [1.165, 1.54) is 33.0 Å². The van der Waals surface area contributed by atoms with Crippen molar-refractivity contribution in [3.63, 3.8) is 0 Å². The lowest BCUT2D eigenvalue weighted by Crippen LogP contribution is -2.37. The maximum atomic E-state index is 2.41. The quantitative estimate of drug-likeness (QED) is 0.567. The topological polar surface area (TPSA) is 0 Å². The summed E-state index contributed by atoms with van der Waals surface area (Å²) >= 11 is 0. The van der Waals surface area contributed by atoms with Gasteiger partial charge >= 0.3 is 0 Å². The van der Waals surface area contributed by atoms with Crippen molar-refractivity contribution in [1.29, 1.82) is 0 Å². The third kappa shape index (κ3) is 3.02. The van der Waals surface area contributed by atoms with Gasteiger partial charge in [-0.05, 0) is 46.6 Å². The van der Waals surface area contributed by atoms with Crippen molar-refractivity contribution in [3.8, 4) is 11.1 Å². The monoisotopic (exact) mass is 334 g/mol. The van der Waals surface area contributed by atoms with Crippen molar-refractivity contribution in [3.05, 3.63) is 59.2 Å². The number of allylic oxidation sites excluding steroid dienone is 2. The van der Waals surface area contributed by atoms with Crippen LogP contribution in [0, 0.1) is 5.41 Å². The Morgan fingerprint density at radius 1 is 0.875 bits per heavy atom. The molecule has 1 aliphatic rings. The molecule has 0 saturated carbocycles. The fourth-order valence-corrected chi connectivity index (χ4v) is 5.05. The van der Waals surface area contributed by atoms with Gasteiger partial charge in [0, 0.05) is 0 Å². The number of hydrogen-bond donors (Lipinski definition) is 0. The molecule has 0 heterocycles. The van der Waals surface area contributed by atoms with E-state index >= 15 is 0 Å². The largest absolute Gasteiger partial charge is 0.0775 e. The maximum Gasteiger partial charge on any atom is 0.0775 e. The molecule has 0 unspecified atom stereocenters. The second-order valence-electron chi connectivity index (χ2n) is 9.20. The molecule has 0 aromatic heterocycles. The Bertz CT molecular complexity index is 793. The van der Waals surface area contributed by atoms with E-state index in [1.54, 1.807) is 5.57 Å². The van der Waals surface area contributed by atoms with Crippen molar-refractivity contribution >= 4 is 18.8 Å². The summed E-state index contributed by atoms with van der Waals surface area (Å²) in [6, 6.07) is 16.2. The molecule has 1 heteroatoms.